The van der Waals surface area contributed by atoms with Crippen LogP contribution in [0.4, 0.5) is 11.4 Å². The molecule has 0 spiro atoms. The number of rotatable bonds is 1. The first-order valence-electron chi connectivity index (χ1n) is 6.58. The molecule has 1 amide bonds. The van der Waals surface area contributed by atoms with Crippen LogP contribution in [0.5, 0.6) is 0 Å². The number of fused-ring (bicyclic) bond motifs is 1. The van der Waals surface area contributed by atoms with Gasteiger partial charge in [-0.3, -0.25) is 4.79 Å². The van der Waals surface area contributed by atoms with Gasteiger partial charge in [0.15, 0.2) is 0 Å². The molecule has 1 saturated heterocycles. The highest BCUT2D eigenvalue weighted by molar-refractivity contribution is 5.94. The van der Waals surface area contributed by atoms with Gasteiger partial charge < -0.3 is 15.1 Å². The van der Waals surface area contributed by atoms with E-state index in [2.05, 4.69) is 34.3 Å². The molecule has 4 heteroatoms. The summed E-state index contributed by atoms with van der Waals surface area (Å²) < 4.78 is 0. The molecule has 0 atom stereocenters. The lowest BCUT2D eigenvalue weighted by Gasteiger charge is -2.34. The van der Waals surface area contributed by atoms with Crippen molar-refractivity contribution in [2.75, 3.05) is 43.4 Å². The molecule has 1 aromatic rings. The highest BCUT2D eigenvalue weighted by atomic mass is 16.1. The Morgan fingerprint density at radius 3 is 2.67 bits per heavy atom. The van der Waals surface area contributed by atoms with Crippen molar-refractivity contribution in [3.63, 3.8) is 0 Å². The summed E-state index contributed by atoms with van der Waals surface area (Å²) in [5.74, 6) is 0.134. The quantitative estimate of drug-likeness (QED) is 0.810. The largest absolute Gasteiger partial charge is 0.369 e. The summed E-state index contributed by atoms with van der Waals surface area (Å²) in [6.07, 6.45) is 1.47. The Kier molecular flexibility index (Phi) is 2.96. The lowest BCUT2D eigenvalue weighted by atomic mass is 10.0. The fraction of sp³-hybridized carbons (Fsp3) is 0.500. The SMILES string of the molecule is CN1CCN(c2ccc3c(c2)CCC(=O)N3)CC1. The van der Waals surface area contributed by atoms with Gasteiger partial charge in [-0.05, 0) is 37.2 Å². The van der Waals surface area contributed by atoms with E-state index in [1.165, 1.54) is 11.3 Å². The van der Waals surface area contributed by atoms with Gasteiger partial charge in [0.05, 0.1) is 0 Å². The number of aryl methyl sites for hydroxylation is 1. The molecule has 0 aliphatic carbocycles. The van der Waals surface area contributed by atoms with Crippen LogP contribution < -0.4 is 10.2 Å². The maximum absolute atomic E-state index is 11.3. The van der Waals surface area contributed by atoms with Gasteiger partial charge in [0, 0.05) is 44.0 Å². The highest BCUT2D eigenvalue weighted by Gasteiger charge is 2.18. The van der Waals surface area contributed by atoms with Crippen molar-refractivity contribution in [1.29, 1.82) is 0 Å². The van der Waals surface area contributed by atoms with Crippen LogP contribution in [-0.2, 0) is 11.2 Å². The molecule has 1 N–H and O–H groups in total. The summed E-state index contributed by atoms with van der Waals surface area (Å²) in [5, 5.41) is 2.93. The Bertz CT molecular complexity index is 464. The minimum atomic E-state index is 0.134. The second-order valence-electron chi connectivity index (χ2n) is 5.18. The minimum Gasteiger partial charge on any atom is -0.369 e. The third-order valence-electron chi connectivity index (χ3n) is 3.85. The van der Waals surface area contributed by atoms with Gasteiger partial charge in [0.25, 0.3) is 0 Å². The van der Waals surface area contributed by atoms with E-state index >= 15 is 0 Å². The number of likely N-dealkylation sites (N-methyl/N-ethyl adjacent to an activating group) is 1. The van der Waals surface area contributed by atoms with Crippen LogP contribution in [0, 0.1) is 0 Å². The van der Waals surface area contributed by atoms with Gasteiger partial charge in [-0.15, -0.1) is 0 Å². The number of hydrogen-bond acceptors (Lipinski definition) is 3. The fourth-order valence-electron chi connectivity index (χ4n) is 2.63. The summed E-state index contributed by atoms with van der Waals surface area (Å²) in [5.41, 5.74) is 3.55. The number of carbonyl (C=O) groups excluding carboxylic acids is 1. The van der Waals surface area contributed by atoms with E-state index in [9.17, 15) is 4.79 Å². The van der Waals surface area contributed by atoms with Gasteiger partial charge in [-0.25, -0.2) is 0 Å². The van der Waals surface area contributed by atoms with Crippen molar-refractivity contribution in [1.82, 2.24) is 4.90 Å². The second kappa shape index (κ2) is 4.61. The predicted molar refractivity (Wildman–Crippen MR) is 73.1 cm³/mol. The van der Waals surface area contributed by atoms with Crippen molar-refractivity contribution in [3.8, 4) is 0 Å². The molecule has 3 rings (SSSR count). The first-order chi connectivity index (χ1) is 8.72. The third kappa shape index (κ3) is 2.20. The Balaban J connectivity index is 1.80. The standard InChI is InChI=1S/C14H19N3O/c1-16-6-8-17(9-7-16)12-3-4-13-11(10-12)2-5-14(18)15-13/h3-4,10H,2,5-9H2,1H3,(H,15,18). The molecule has 1 fully saturated rings. The van der Waals surface area contributed by atoms with Gasteiger partial charge in [0.1, 0.15) is 0 Å². The highest BCUT2D eigenvalue weighted by Crippen LogP contribution is 2.27. The fourth-order valence-corrected chi connectivity index (χ4v) is 2.63. The molecule has 0 aromatic heterocycles. The lowest BCUT2D eigenvalue weighted by Crippen LogP contribution is -2.44. The first-order valence-corrected chi connectivity index (χ1v) is 6.58. The Morgan fingerprint density at radius 2 is 1.89 bits per heavy atom. The van der Waals surface area contributed by atoms with Gasteiger partial charge in [-0.1, -0.05) is 0 Å². The molecule has 2 aliphatic heterocycles. The average Bonchev–Trinajstić information content (AvgIpc) is 2.39. The van der Waals surface area contributed by atoms with Crippen LogP contribution in [0.2, 0.25) is 0 Å². The van der Waals surface area contributed by atoms with Crippen LogP contribution in [0.3, 0.4) is 0 Å². The smallest absolute Gasteiger partial charge is 0.224 e. The Labute approximate surface area is 108 Å². The molecule has 96 valence electrons. The van der Waals surface area contributed by atoms with Gasteiger partial charge >= 0.3 is 0 Å². The van der Waals surface area contributed by atoms with Crippen LogP contribution in [-0.4, -0.2) is 44.0 Å². The average molecular weight is 245 g/mol. The van der Waals surface area contributed by atoms with E-state index in [0.717, 1.165) is 38.3 Å². The Hall–Kier alpha value is -1.55. The van der Waals surface area contributed by atoms with Crippen LogP contribution in [0.1, 0.15) is 12.0 Å². The zero-order valence-electron chi connectivity index (χ0n) is 10.8. The van der Waals surface area contributed by atoms with Gasteiger partial charge in [0.2, 0.25) is 5.91 Å². The summed E-state index contributed by atoms with van der Waals surface area (Å²) >= 11 is 0. The maximum atomic E-state index is 11.3. The van der Waals surface area contributed by atoms with E-state index in [-0.39, 0.29) is 5.91 Å². The zero-order chi connectivity index (χ0) is 12.5. The van der Waals surface area contributed by atoms with E-state index in [4.69, 9.17) is 0 Å². The van der Waals surface area contributed by atoms with Crippen LogP contribution >= 0.6 is 0 Å². The number of carbonyl (C=O) groups is 1. The predicted octanol–water partition coefficient (Wildman–Crippen LogP) is 1.32. The zero-order valence-corrected chi connectivity index (χ0v) is 10.8. The molecule has 2 heterocycles. The number of benzene rings is 1. The monoisotopic (exact) mass is 245 g/mol. The van der Waals surface area contributed by atoms with E-state index in [1.807, 2.05) is 6.07 Å². The molecule has 4 nitrogen and oxygen atoms in total. The molecule has 2 aliphatic rings. The maximum Gasteiger partial charge on any atom is 0.224 e. The summed E-state index contributed by atoms with van der Waals surface area (Å²) in [4.78, 5) is 16.1. The van der Waals surface area contributed by atoms with E-state index < -0.39 is 0 Å². The van der Waals surface area contributed by atoms with Crippen molar-refractivity contribution in [2.24, 2.45) is 0 Å². The number of hydrogen-bond donors (Lipinski definition) is 1. The summed E-state index contributed by atoms with van der Waals surface area (Å²) in [6, 6.07) is 6.40. The molecule has 1 aromatic carbocycles. The van der Waals surface area contributed by atoms with Crippen molar-refractivity contribution >= 4 is 17.3 Å². The van der Waals surface area contributed by atoms with E-state index in [0.29, 0.717) is 6.42 Å². The second-order valence-corrected chi connectivity index (χ2v) is 5.18. The lowest BCUT2D eigenvalue weighted by molar-refractivity contribution is -0.116. The van der Waals surface area contributed by atoms with E-state index in [1.54, 1.807) is 0 Å². The van der Waals surface area contributed by atoms with Crippen molar-refractivity contribution < 1.29 is 4.79 Å². The number of nitrogens with one attached hydrogen (secondary N) is 1. The topological polar surface area (TPSA) is 35.6 Å². The van der Waals surface area contributed by atoms with Crippen LogP contribution in [0.25, 0.3) is 0 Å². The first kappa shape index (κ1) is 11.5. The van der Waals surface area contributed by atoms with Crippen molar-refractivity contribution in [2.45, 2.75) is 12.8 Å². The van der Waals surface area contributed by atoms with Crippen molar-refractivity contribution in [3.05, 3.63) is 23.8 Å². The number of amides is 1. The number of nitrogens with zero attached hydrogens (tertiary/aromatic N) is 2. The molecule has 0 saturated carbocycles. The third-order valence-corrected chi connectivity index (χ3v) is 3.85. The molecule has 0 unspecified atom stereocenters. The number of anilines is 2. The Morgan fingerprint density at radius 1 is 1.11 bits per heavy atom. The summed E-state index contributed by atoms with van der Waals surface area (Å²) in [7, 11) is 2.17. The molecular formula is C14H19N3O. The molecular weight excluding hydrogens is 226 g/mol. The minimum absolute atomic E-state index is 0.134. The molecule has 0 bridgehead atoms. The molecule has 18 heavy (non-hydrogen) atoms. The normalized spacial score (nSPS) is 20.5. The molecule has 0 radical (unpaired) electrons. The summed E-state index contributed by atoms with van der Waals surface area (Å²) in [6.45, 7) is 4.41. The van der Waals surface area contributed by atoms with Crippen LogP contribution in [0.15, 0.2) is 18.2 Å². The number of piperazine rings is 1. The van der Waals surface area contributed by atoms with Gasteiger partial charge in [-0.2, -0.15) is 0 Å².